The van der Waals surface area contributed by atoms with Gasteiger partial charge >= 0.3 is 0 Å². The molecule has 0 fully saturated rings. The van der Waals surface area contributed by atoms with Crippen LogP contribution in [-0.2, 0) is 6.42 Å². The molecular formula is C13H16N2. The summed E-state index contributed by atoms with van der Waals surface area (Å²) >= 11 is 0. The first-order valence-corrected chi connectivity index (χ1v) is 5.42. The molecule has 0 saturated carbocycles. The number of benzene rings is 1. The molecule has 0 aliphatic carbocycles. The third kappa shape index (κ3) is 1.94. The number of hydrogen-bond donors (Lipinski definition) is 1. The third-order valence-electron chi connectivity index (χ3n) is 2.62. The van der Waals surface area contributed by atoms with Gasteiger partial charge in [-0.05, 0) is 13.3 Å². The maximum atomic E-state index is 4.38. The number of nitrogens with one attached hydrogen (secondary N) is 1. The van der Waals surface area contributed by atoms with Gasteiger partial charge in [0, 0.05) is 16.8 Å². The van der Waals surface area contributed by atoms with E-state index in [2.05, 4.69) is 48.3 Å². The molecule has 0 aliphatic rings. The highest BCUT2D eigenvalue weighted by atomic mass is 15.1. The summed E-state index contributed by atoms with van der Waals surface area (Å²) in [7, 11) is 0. The highest BCUT2D eigenvalue weighted by Crippen LogP contribution is 2.24. The summed E-state index contributed by atoms with van der Waals surface area (Å²) in [5, 5.41) is 7.45. The highest BCUT2D eigenvalue weighted by Gasteiger charge is 2.10. The van der Waals surface area contributed by atoms with Crippen molar-refractivity contribution in [2.75, 3.05) is 0 Å². The van der Waals surface area contributed by atoms with Crippen LogP contribution in [-0.4, -0.2) is 10.2 Å². The van der Waals surface area contributed by atoms with Gasteiger partial charge in [0.25, 0.3) is 0 Å². The van der Waals surface area contributed by atoms with Crippen LogP contribution < -0.4 is 0 Å². The van der Waals surface area contributed by atoms with Gasteiger partial charge in [0.1, 0.15) is 0 Å². The van der Waals surface area contributed by atoms with Crippen molar-refractivity contribution >= 4 is 0 Å². The first kappa shape index (κ1) is 9.97. The van der Waals surface area contributed by atoms with E-state index >= 15 is 0 Å². The number of hydrogen-bond acceptors (Lipinski definition) is 1. The zero-order chi connectivity index (χ0) is 10.7. The van der Waals surface area contributed by atoms with E-state index in [0.717, 1.165) is 18.5 Å². The van der Waals surface area contributed by atoms with Crippen LogP contribution in [0.4, 0.5) is 0 Å². The number of aromatic nitrogens is 2. The molecule has 0 spiro atoms. The summed E-state index contributed by atoms with van der Waals surface area (Å²) < 4.78 is 0. The number of H-pyrrole nitrogens is 1. The van der Waals surface area contributed by atoms with E-state index in [1.165, 1.54) is 16.8 Å². The molecule has 0 atom stereocenters. The fraction of sp³-hybridized carbons (Fsp3) is 0.308. The maximum absolute atomic E-state index is 4.38. The summed E-state index contributed by atoms with van der Waals surface area (Å²) in [6.45, 7) is 4.28. The van der Waals surface area contributed by atoms with Crippen LogP contribution in [0.2, 0.25) is 0 Å². The molecule has 78 valence electrons. The van der Waals surface area contributed by atoms with Gasteiger partial charge in [-0.1, -0.05) is 43.7 Å². The van der Waals surface area contributed by atoms with E-state index in [1.54, 1.807) is 0 Å². The minimum absolute atomic E-state index is 1.09. The summed E-state index contributed by atoms with van der Waals surface area (Å²) in [5.74, 6) is 0. The van der Waals surface area contributed by atoms with E-state index in [-0.39, 0.29) is 0 Å². The van der Waals surface area contributed by atoms with Crippen molar-refractivity contribution in [3.8, 4) is 11.3 Å². The molecule has 1 heterocycles. The SMILES string of the molecule is CCCc1c(-c2ccccc2)n[nH]c1C. The summed E-state index contributed by atoms with van der Waals surface area (Å²) in [6.07, 6.45) is 2.24. The molecule has 0 unspecified atom stereocenters. The number of aromatic amines is 1. The Kier molecular flexibility index (Phi) is 2.86. The molecule has 2 aromatic rings. The third-order valence-corrected chi connectivity index (χ3v) is 2.62. The van der Waals surface area contributed by atoms with Crippen molar-refractivity contribution in [2.45, 2.75) is 26.7 Å². The smallest absolute Gasteiger partial charge is 0.0955 e. The lowest BCUT2D eigenvalue weighted by Gasteiger charge is -2.01. The number of nitrogens with zero attached hydrogens (tertiary/aromatic N) is 1. The standard InChI is InChI=1S/C13H16N2/c1-3-7-12-10(2)14-15-13(12)11-8-5-4-6-9-11/h4-6,8-9H,3,7H2,1-2H3,(H,14,15). The average Bonchev–Trinajstić information content (AvgIpc) is 2.63. The van der Waals surface area contributed by atoms with E-state index in [0.29, 0.717) is 0 Å². The average molecular weight is 200 g/mol. The number of aryl methyl sites for hydroxylation is 1. The van der Waals surface area contributed by atoms with Crippen LogP contribution in [0.5, 0.6) is 0 Å². The van der Waals surface area contributed by atoms with Crippen LogP contribution in [0, 0.1) is 6.92 Å². The Hall–Kier alpha value is -1.57. The Bertz CT molecular complexity index is 429. The normalized spacial score (nSPS) is 10.5. The lowest BCUT2D eigenvalue weighted by Crippen LogP contribution is -1.88. The van der Waals surface area contributed by atoms with E-state index in [1.807, 2.05) is 6.07 Å². The lowest BCUT2D eigenvalue weighted by molar-refractivity contribution is 0.913. The topological polar surface area (TPSA) is 28.7 Å². The predicted octanol–water partition coefficient (Wildman–Crippen LogP) is 3.34. The zero-order valence-corrected chi connectivity index (χ0v) is 9.25. The molecule has 1 aromatic carbocycles. The molecule has 2 nitrogen and oxygen atoms in total. The van der Waals surface area contributed by atoms with Gasteiger partial charge in [0.05, 0.1) is 5.69 Å². The molecule has 1 aromatic heterocycles. The van der Waals surface area contributed by atoms with Crippen LogP contribution in [0.3, 0.4) is 0 Å². The molecule has 0 aliphatic heterocycles. The van der Waals surface area contributed by atoms with E-state index in [4.69, 9.17) is 0 Å². The van der Waals surface area contributed by atoms with Crippen LogP contribution in [0.25, 0.3) is 11.3 Å². The second-order valence-electron chi connectivity index (χ2n) is 3.79. The molecule has 2 rings (SSSR count). The minimum atomic E-state index is 1.09. The van der Waals surface area contributed by atoms with Gasteiger partial charge in [-0.2, -0.15) is 5.10 Å². The van der Waals surface area contributed by atoms with E-state index in [9.17, 15) is 0 Å². The Morgan fingerprint density at radius 3 is 2.60 bits per heavy atom. The predicted molar refractivity (Wildman–Crippen MR) is 62.8 cm³/mol. The second kappa shape index (κ2) is 4.30. The van der Waals surface area contributed by atoms with Crippen LogP contribution in [0.1, 0.15) is 24.6 Å². The van der Waals surface area contributed by atoms with Crippen LogP contribution >= 0.6 is 0 Å². The van der Waals surface area contributed by atoms with Crippen molar-refractivity contribution in [1.82, 2.24) is 10.2 Å². The maximum Gasteiger partial charge on any atom is 0.0955 e. The van der Waals surface area contributed by atoms with Crippen LogP contribution in [0.15, 0.2) is 30.3 Å². The van der Waals surface area contributed by atoms with Gasteiger partial charge in [0.2, 0.25) is 0 Å². The Morgan fingerprint density at radius 1 is 1.20 bits per heavy atom. The molecule has 0 amide bonds. The van der Waals surface area contributed by atoms with Gasteiger partial charge in [-0.25, -0.2) is 0 Å². The molecule has 1 N–H and O–H groups in total. The molecule has 15 heavy (non-hydrogen) atoms. The number of rotatable bonds is 3. The molecule has 0 bridgehead atoms. The first-order chi connectivity index (χ1) is 7.33. The fourth-order valence-corrected chi connectivity index (χ4v) is 1.84. The summed E-state index contributed by atoms with van der Waals surface area (Å²) in [5.41, 5.74) is 4.85. The molecule has 2 heteroatoms. The van der Waals surface area contributed by atoms with Crippen molar-refractivity contribution in [3.05, 3.63) is 41.6 Å². The van der Waals surface area contributed by atoms with Gasteiger partial charge in [0.15, 0.2) is 0 Å². The first-order valence-electron chi connectivity index (χ1n) is 5.42. The lowest BCUT2D eigenvalue weighted by atomic mass is 10.0. The summed E-state index contributed by atoms with van der Waals surface area (Å²) in [6, 6.07) is 10.3. The highest BCUT2D eigenvalue weighted by molar-refractivity contribution is 5.63. The van der Waals surface area contributed by atoms with Gasteiger partial charge in [-0.3, -0.25) is 5.10 Å². The molecule has 0 radical (unpaired) electrons. The van der Waals surface area contributed by atoms with E-state index < -0.39 is 0 Å². The quantitative estimate of drug-likeness (QED) is 0.808. The Morgan fingerprint density at radius 2 is 1.93 bits per heavy atom. The Balaban J connectivity index is 2.44. The second-order valence-corrected chi connectivity index (χ2v) is 3.79. The molecule has 0 saturated heterocycles. The van der Waals surface area contributed by atoms with Crippen molar-refractivity contribution in [1.29, 1.82) is 0 Å². The minimum Gasteiger partial charge on any atom is -0.282 e. The van der Waals surface area contributed by atoms with Gasteiger partial charge < -0.3 is 0 Å². The Labute approximate surface area is 90.3 Å². The fourth-order valence-electron chi connectivity index (χ4n) is 1.84. The largest absolute Gasteiger partial charge is 0.282 e. The van der Waals surface area contributed by atoms with Crippen molar-refractivity contribution in [2.24, 2.45) is 0 Å². The zero-order valence-electron chi connectivity index (χ0n) is 9.25. The molecular weight excluding hydrogens is 184 g/mol. The van der Waals surface area contributed by atoms with Gasteiger partial charge in [-0.15, -0.1) is 0 Å². The summed E-state index contributed by atoms with van der Waals surface area (Å²) in [4.78, 5) is 0. The van der Waals surface area contributed by atoms with Crippen molar-refractivity contribution < 1.29 is 0 Å². The monoisotopic (exact) mass is 200 g/mol. The van der Waals surface area contributed by atoms with Crippen molar-refractivity contribution in [3.63, 3.8) is 0 Å².